The van der Waals surface area contributed by atoms with Gasteiger partial charge >= 0.3 is 0 Å². The lowest BCUT2D eigenvalue weighted by Crippen LogP contribution is -2.03. The van der Waals surface area contributed by atoms with E-state index in [0.717, 1.165) is 24.1 Å². The van der Waals surface area contributed by atoms with E-state index in [4.69, 9.17) is 0 Å². The van der Waals surface area contributed by atoms with Crippen molar-refractivity contribution in [1.29, 1.82) is 0 Å². The minimum atomic E-state index is 0.938. The molecule has 1 aromatic heterocycles. The van der Waals surface area contributed by atoms with Crippen LogP contribution in [0.4, 0.5) is 0 Å². The molecule has 1 atom stereocenters. The maximum atomic E-state index is 4.53. The van der Waals surface area contributed by atoms with Gasteiger partial charge < -0.3 is 4.98 Å². The molecule has 0 bridgehead atoms. The zero-order valence-electron chi connectivity index (χ0n) is 8.67. The molecule has 1 aliphatic rings. The summed E-state index contributed by atoms with van der Waals surface area (Å²) in [6.45, 7) is 2.14. The highest BCUT2D eigenvalue weighted by atomic mass is 31.0. The highest BCUT2D eigenvalue weighted by Crippen LogP contribution is 2.31. The number of fused-ring (bicyclic) bond motifs is 3. The molecule has 1 heterocycles. The van der Waals surface area contributed by atoms with Gasteiger partial charge in [-0.1, -0.05) is 33.0 Å². The smallest absolute Gasteiger partial charge is 0.123 e. The Bertz CT molecular complexity index is 528. The van der Waals surface area contributed by atoms with Crippen LogP contribution in [0.3, 0.4) is 0 Å². The molecule has 0 fully saturated rings. The second kappa shape index (κ2) is 3.18. The number of nitrogens with zero attached hydrogens (tertiary/aromatic N) is 1. The first-order valence-corrected chi connectivity index (χ1v) is 5.76. The van der Waals surface area contributed by atoms with E-state index in [1.165, 1.54) is 22.4 Å². The lowest BCUT2D eigenvalue weighted by Gasteiger charge is -2.15. The third-order valence-corrected chi connectivity index (χ3v) is 3.23. The first-order chi connectivity index (χ1) is 7.24. The fourth-order valence-electron chi connectivity index (χ4n) is 2.25. The molecule has 1 aliphatic carbocycles. The molecule has 0 saturated heterocycles. The molecule has 2 aromatic rings. The standard InChI is InChI=1S/C12H13N2P/c1-7-2-4-9-8(6-7)3-5-10-11(9)14-12(15)13-10/h2,4,6H,3,5,15H2,1H3,(H,13,14). The predicted octanol–water partition coefficient (Wildman–Crippen LogP) is 1.98. The molecular weight excluding hydrogens is 203 g/mol. The van der Waals surface area contributed by atoms with Crippen molar-refractivity contribution in [2.75, 3.05) is 0 Å². The van der Waals surface area contributed by atoms with Crippen molar-refractivity contribution in [3.05, 3.63) is 35.0 Å². The molecule has 1 N–H and O–H groups in total. The number of hydrogen-bond acceptors (Lipinski definition) is 1. The van der Waals surface area contributed by atoms with Gasteiger partial charge in [0.15, 0.2) is 0 Å². The van der Waals surface area contributed by atoms with Crippen LogP contribution in [0.5, 0.6) is 0 Å². The summed E-state index contributed by atoms with van der Waals surface area (Å²) < 4.78 is 0. The summed E-state index contributed by atoms with van der Waals surface area (Å²) in [7, 11) is 2.63. The average molecular weight is 216 g/mol. The largest absolute Gasteiger partial charge is 0.342 e. The van der Waals surface area contributed by atoms with Gasteiger partial charge in [0.2, 0.25) is 0 Å². The molecule has 1 aromatic carbocycles. The molecule has 0 radical (unpaired) electrons. The number of aromatic amines is 1. The molecule has 15 heavy (non-hydrogen) atoms. The Morgan fingerprint density at radius 3 is 3.07 bits per heavy atom. The predicted molar refractivity (Wildman–Crippen MR) is 65.5 cm³/mol. The lowest BCUT2D eigenvalue weighted by molar-refractivity contribution is 0.908. The van der Waals surface area contributed by atoms with Crippen molar-refractivity contribution in [3.8, 4) is 11.3 Å². The Morgan fingerprint density at radius 2 is 2.20 bits per heavy atom. The summed E-state index contributed by atoms with van der Waals surface area (Å²) in [4.78, 5) is 7.83. The molecule has 0 saturated carbocycles. The van der Waals surface area contributed by atoms with E-state index in [9.17, 15) is 0 Å². The number of rotatable bonds is 0. The van der Waals surface area contributed by atoms with Crippen molar-refractivity contribution in [3.63, 3.8) is 0 Å². The van der Waals surface area contributed by atoms with Crippen LogP contribution in [0.1, 0.15) is 16.8 Å². The van der Waals surface area contributed by atoms with Gasteiger partial charge in [-0.15, -0.1) is 0 Å². The maximum absolute atomic E-state index is 4.53. The summed E-state index contributed by atoms with van der Waals surface area (Å²) >= 11 is 0. The van der Waals surface area contributed by atoms with E-state index < -0.39 is 0 Å². The Morgan fingerprint density at radius 1 is 1.33 bits per heavy atom. The summed E-state index contributed by atoms with van der Waals surface area (Å²) in [5, 5.41) is 0. The van der Waals surface area contributed by atoms with Crippen molar-refractivity contribution in [2.45, 2.75) is 19.8 Å². The second-order valence-electron chi connectivity index (χ2n) is 4.11. The van der Waals surface area contributed by atoms with Crippen LogP contribution in [0, 0.1) is 6.92 Å². The second-order valence-corrected chi connectivity index (χ2v) is 4.66. The van der Waals surface area contributed by atoms with Crippen LogP contribution >= 0.6 is 9.24 Å². The van der Waals surface area contributed by atoms with E-state index in [1.807, 2.05) is 0 Å². The molecule has 0 aliphatic heterocycles. The number of benzene rings is 1. The zero-order chi connectivity index (χ0) is 10.4. The van der Waals surface area contributed by atoms with Crippen LogP contribution < -0.4 is 5.57 Å². The fraction of sp³-hybridized carbons (Fsp3) is 0.250. The molecule has 0 spiro atoms. The molecule has 3 heteroatoms. The van der Waals surface area contributed by atoms with E-state index in [2.05, 4.69) is 44.3 Å². The first kappa shape index (κ1) is 9.11. The van der Waals surface area contributed by atoms with Gasteiger partial charge in [-0.2, -0.15) is 0 Å². The first-order valence-electron chi connectivity index (χ1n) is 5.18. The average Bonchev–Trinajstić information content (AvgIpc) is 2.58. The Labute approximate surface area is 91.3 Å². The number of aryl methyl sites for hydroxylation is 3. The van der Waals surface area contributed by atoms with Gasteiger partial charge in [-0.05, 0) is 25.3 Å². The summed E-state index contributed by atoms with van der Waals surface area (Å²) in [6, 6.07) is 6.62. The van der Waals surface area contributed by atoms with Gasteiger partial charge in [0, 0.05) is 11.3 Å². The highest BCUT2D eigenvalue weighted by molar-refractivity contribution is 7.26. The number of hydrogen-bond donors (Lipinski definition) is 1. The van der Waals surface area contributed by atoms with Crippen LogP contribution in [-0.2, 0) is 12.8 Å². The number of imidazole rings is 1. The number of H-pyrrole nitrogens is 1. The quantitative estimate of drug-likeness (QED) is 0.670. The summed E-state index contributed by atoms with van der Waals surface area (Å²) in [5.41, 5.74) is 7.41. The molecule has 0 amide bonds. The summed E-state index contributed by atoms with van der Waals surface area (Å²) in [6.07, 6.45) is 2.20. The summed E-state index contributed by atoms with van der Waals surface area (Å²) in [5.74, 6) is 0. The normalized spacial score (nSPS) is 13.5. The monoisotopic (exact) mass is 216 g/mol. The minimum absolute atomic E-state index is 0.938. The van der Waals surface area contributed by atoms with Crippen LogP contribution in [-0.4, -0.2) is 9.97 Å². The van der Waals surface area contributed by atoms with Crippen molar-refractivity contribution >= 4 is 14.8 Å². The number of nitrogens with one attached hydrogen (secondary N) is 1. The van der Waals surface area contributed by atoms with Crippen LogP contribution in [0.15, 0.2) is 18.2 Å². The third kappa shape index (κ3) is 1.40. The van der Waals surface area contributed by atoms with Gasteiger partial charge in [0.1, 0.15) is 5.57 Å². The fourth-order valence-corrected chi connectivity index (χ4v) is 2.56. The van der Waals surface area contributed by atoms with Crippen LogP contribution in [0.2, 0.25) is 0 Å². The Hall–Kier alpha value is -1.14. The van der Waals surface area contributed by atoms with Gasteiger partial charge in [0.25, 0.3) is 0 Å². The number of aromatic nitrogens is 2. The molecule has 76 valence electrons. The third-order valence-electron chi connectivity index (χ3n) is 2.96. The lowest BCUT2D eigenvalue weighted by atomic mass is 9.91. The van der Waals surface area contributed by atoms with Gasteiger partial charge in [-0.25, -0.2) is 4.98 Å². The van der Waals surface area contributed by atoms with Crippen molar-refractivity contribution in [1.82, 2.24) is 9.97 Å². The van der Waals surface area contributed by atoms with Gasteiger partial charge in [-0.3, -0.25) is 0 Å². The molecule has 2 nitrogen and oxygen atoms in total. The van der Waals surface area contributed by atoms with E-state index in [-0.39, 0.29) is 0 Å². The Balaban J connectivity index is 2.25. The molecular formula is C12H13N2P. The topological polar surface area (TPSA) is 28.7 Å². The minimum Gasteiger partial charge on any atom is -0.342 e. The van der Waals surface area contributed by atoms with Gasteiger partial charge in [0.05, 0.1) is 5.69 Å². The maximum Gasteiger partial charge on any atom is 0.123 e. The molecule has 1 unspecified atom stereocenters. The Kier molecular flexibility index (Phi) is 1.93. The SMILES string of the molecule is Cc1ccc2c(c1)CCc1[nH]c(P)nc1-2. The molecule has 3 rings (SSSR count). The van der Waals surface area contributed by atoms with Crippen molar-refractivity contribution in [2.24, 2.45) is 0 Å². The highest BCUT2D eigenvalue weighted by Gasteiger charge is 2.18. The van der Waals surface area contributed by atoms with E-state index in [0.29, 0.717) is 0 Å². The van der Waals surface area contributed by atoms with E-state index in [1.54, 1.807) is 0 Å². The van der Waals surface area contributed by atoms with Crippen molar-refractivity contribution < 1.29 is 0 Å². The zero-order valence-corrected chi connectivity index (χ0v) is 9.83. The van der Waals surface area contributed by atoms with Crippen LogP contribution in [0.25, 0.3) is 11.3 Å². The van der Waals surface area contributed by atoms with E-state index >= 15 is 0 Å².